The van der Waals surface area contributed by atoms with Crippen LogP contribution in [0.25, 0.3) is 0 Å². The molecule has 1 aromatic carbocycles. The molecule has 0 amide bonds. The molecular weight excluding hydrogens is 334 g/mol. The fourth-order valence-corrected chi connectivity index (χ4v) is 2.44. The molecule has 6 heteroatoms. The van der Waals surface area contributed by atoms with Crippen LogP contribution in [0.2, 0.25) is 0 Å². The molecule has 0 radical (unpaired) electrons. The SMILES string of the molecule is CN(CCCc1ccccc1)c1ncc(Br)cc1[N+](=O)[O-]. The molecule has 0 aliphatic carbocycles. The molecule has 2 rings (SSSR count). The first-order valence-electron chi connectivity index (χ1n) is 6.63. The van der Waals surface area contributed by atoms with Gasteiger partial charge in [-0.15, -0.1) is 0 Å². The van der Waals surface area contributed by atoms with Crippen LogP contribution in [0.1, 0.15) is 12.0 Å². The standard InChI is InChI=1S/C15H16BrN3O2/c1-18(9-5-8-12-6-3-2-4-7-12)15-14(19(20)21)10-13(16)11-17-15/h2-4,6-7,10-11H,5,8-9H2,1H3. The van der Waals surface area contributed by atoms with Gasteiger partial charge in [0, 0.05) is 30.3 Å². The second kappa shape index (κ2) is 7.17. The second-order valence-electron chi connectivity index (χ2n) is 4.76. The van der Waals surface area contributed by atoms with E-state index in [0.29, 0.717) is 16.8 Å². The van der Waals surface area contributed by atoms with E-state index in [1.165, 1.54) is 11.6 Å². The lowest BCUT2D eigenvalue weighted by Gasteiger charge is -2.17. The number of aromatic nitrogens is 1. The number of pyridine rings is 1. The van der Waals surface area contributed by atoms with Crippen LogP contribution in [0.3, 0.4) is 0 Å². The number of hydrogen-bond donors (Lipinski definition) is 0. The first-order valence-corrected chi connectivity index (χ1v) is 7.42. The molecule has 5 nitrogen and oxygen atoms in total. The van der Waals surface area contributed by atoms with Gasteiger partial charge in [-0.3, -0.25) is 10.1 Å². The molecule has 1 heterocycles. The van der Waals surface area contributed by atoms with Crippen molar-refractivity contribution >= 4 is 27.4 Å². The number of benzene rings is 1. The number of aryl methyl sites for hydroxylation is 1. The van der Waals surface area contributed by atoms with Crippen LogP contribution < -0.4 is 4.90 Å². The topological polar surface area (TPSA) is 59.3 Å². The minimum absolute atomic E-state index is 0.0200. The van der Waals surface area contributed by atoms with E-state index in [1.54, 1.807) is 6.20 Å². The summed E-state index contributed by atoms with van der Waals surface area (Å²) in [5.74, 6) is 0.399. The first-order chi connectivity index (χ1) is 10.1. The Bertz CT molecular complexity index is 620. The summed E-state index contributed by atoms with van der Waals surface area (Å²) in [6.07, 6.45) is 3.43. The Kier molecular flexibility index (Phi) is 5.27. The maximum Gasteiger partial charge on any atom is 0.312 e. The Hall–Kier alpha value is -1.95. The van der Waals surface area contributed by atoms with Gasteiger partial charge >= 0.3 is 5.69 Å². The van der Waals surface area contributed by atoms with Gasteiger partial charge in [-0.1, -0.05) is 30.3 Å². The lowest BCUT2D eigenvalue weighted by molar-refractivity contribution is -0.384. The fourth-order valence-electron chi connectivity index (χ4n) is 2.12. The molecule has 0 spiro atoms. The summed E-state index contributed by atoms with van der Waals surface area (Å²) in [5, 5.41) is 11.1. The Balaban J connectivity index is 2.00. The van der Waals surface area contributed by atoms with Gasteiger partial charge < -0.3 is 4.90 Å². The quantitative estimate of drug-likeness (QED) is 0.587. The van der Waals surface area contributed by atoms with Crippen molar-refractivity contribution in [3.8, 4) is 0 Å². The van der Waals surface area contributed by atoms with Gasteiger partial charge in [-0.25, -0.2) is 4.98 Å². The number of hydrogen-bond acceptors (Lipinski definition) is 4. The van der Waals surface area contributed by atoms with Crippen molar-refractivity contribution in [2.45, 2.75) is 12.8 Å². The highest BCUT2D eigenvalue weighted by molar-refractivity contribution is 9.10. The van der Waals surface area contributed by atoms with Crippen LogP contribution in [-0.4, -0.2) is 23.5 Å². The lowest BCUT2D eigenvalue weighted by Crippen LogP contribution is -2.21. The van der Waals surface area contributed by atoms with E-state index in [1.807, 2.05) is 30.1 Å². The molecule has 110 valence electrons. The van der Waals surface area contributed by atoms with Gasteiger partial charge in [0.15, 0.2) is 0 Å². The average Bonchev–Trinajstić information content (AvgIpc) is 2.48. The molecule has 0 atom stereocenters. The molecule has 0 N–H and O–H groups in total. The highest BCUT2D eigenvalue weighted by Crippen LogP contribution is 2.27. The third kappa shape index (κ3) is 4.26. The zero-order valence-corrected chi connectivity index (χ0v) is 13.3. The smallest absolute Gasteiger partial charge is 0.312 e. The number of anilines is 1. The van der Waals surface area contributed by atoms with Gasteiger partial charge in [0.25, 0.3) is 0 Å². The van der Waals surface area contributed by atoms with Crippen molar-refractivity contribution in [1.82, 2.24) is 4.98 Å². The fraction of sp³-hybridized carbons (Fsp3) is 0.267. The number of rotatable bonds is 6. The van der Waals surface area contributed by atoms with E-state index < -0.39 is 4.92 Å². The molecule has 0 aliphatic rings. The lowest BCUT2D eigenvalue weighted by atomic mass is 10.1. The maximum absolute atomic E-state index is 11.1. The minimum Gasteiger partial charge on any atom is -0.354 e. The summed E-state index contributed by atoms with van der Waals surface area (Å²) in [7, 11) is 1.83. The highest BCUT2D eigenvalue weighted by atomic mass is 79.9. The molecule has 0 fully saturated rings. The molecule has 0 saturated carbocycles. The van der Waals surface area contributed by atoms with Gasteiger partial charge in [-0.05, 0) is 34.3 Å². The third-order valence-electron chi connectivity index (χ3n) is 3.17. The summed E-state index contributed by atoms with van der Waals surface area (Å²) in [5.41, 5.74) is 1.29. The van der Waals surface area contributed by atoms with Gasteiger partial charge in [-0.2, -0.15) is 0 Å². The van der Waals surface area contributed by atoms with E-state index in [0.717, 1.165) is 12.8 Å². The van der Waals surface area contributed by atoms with Crippen molar-refractivity contribution in [2.24, 2.45) is 0 Å². The Labute approximate surface area is 131 Å². The predicted octanol–water partition coefficient (Wildman–Crippen LogP) is 3.82. The molecule has 21 heavy (non-hydrogen) atoms. The Morgan fingerprint density at radius 3 is 2.71 bits per heavy atom. The zero-order chi connectivity index (χ0) is 15.2. The monoisotopic (exact) mass is 349 g/mol. The first kappa shape index (κ1) is 15.4. The number of nitro groups is 1. The van der Waals surface area contributed by atoms with Crippen molar-refractivity contribution in [3.05, 3.63) is 62.7 Å². The summed E-state index contributed by atoms with van der Waals surface area (Å²) in [6, 6.07) is 11.7. The van der Waals surface area contributed by atoms with Crippen LogP contribution in [0, 0.1) is 10.1 Å². The van der Waals surface area contributed by atoms with Crippen molar-refractivity contribution in [3.63, 3.8) is 0 Å². The molecule has 0 bridgehead atoms. The highest BCUT2D eigenvalue weighted by Gasteiger charge is 2.19. The van der Waals surface area contributed by atoms with Gasteiger partial charge in [0.05, 0.1) is 4.92 Å². The van der Waals surface area contributed by atoms with Crippen LogP contribution in [0.15, 0.2) is 47.1 Å². The van der Waals surface area contributed by atoms with Crippen LogP contribution >= 0.6 is 15.9 Å². The molecular formula is C15H16BrN3O2. The molecule has 0 unspecified atom stereocenters. The second-order valence-corrected chi connectivity index (χ2v) is 5.68. The van der Waals surface area contributed by atoms with E-state index in [9.17, 15) is 10.1 Å². The molecule has 0 aliphatic heterocycles. The normalized spacial score (nSPS) is 10.4. The summed E-state index contributed by atoms with van der Waals surface area (Å²) < 4.78 is 0.607. The van der Waals surface area contributed by atoms with Crippen molar-refractivity contribution in [1.29, 1.82) is 0 Å². The van der Waals surface area contributed by atoms with Crippen LogP contribution in [0.5, 0.6) is 0 Å². The van der Waals surface area contributed by atoms with Crippen LogP contribution in [0.4, 0.5) is 11.5 Å². The average molecular weight is 350 g/mol. The van der Waals surface area contributed by atoms with Crippen molar-refractivity contribution < 1.29 is 4.92 Å². The minimum atomic E-state index is -0.402. The van der Waals surface area contributed by atoms with E-state index in [2.05, 4.69) is 33.0 Å². The summed E-state index contributed by atoms with van der Waals surface area (Å²) in [6.45, 7) is 0.713. The summed E-state index contributed by atoms with van der Waals surface area (Å²) >= 11 is 3.21. The van der Waals surface area contributed by atoms with E-state index >= 15 is 0 Å². The Morgan fingerprint density at radius 2 is 2.05 bits per heavy atom. The van der Waals surface area contributed by atoms with E-state index in [4.69, 9.17) is 0 Å². The Morgan fingerprint density at radius 1 is 1.33 bits per heavy atom. The number of halogens is 1. The maximum atomic E-state index is 11.1. The molecule has 1 aromatic heterocycles. The third-order valence-corrected chi connectivity index (χ3v) is 3.61. The molecule has 2 aromatic rings. The van der Waals surface area contributed by atoms with Gasteiger partial charge in [0.2, 0.25) is 5.82 Å². The predicted molar refractivity (Wildman–Crippen MR) is 86.6 cm³/mol. The zero-order valence-electron chi connectivity index (χ0n) is 11.7. The number of nitrogens with zero attached hydrogens (tertiary/aromatic N) is 3. The van der Waals surface area contributed by atoms with Crippen molar-refractivity contribution in [2.75, 3.05) is 18.5 Å². The largest absolute Gasteiger partial charge is 0.354 e. The summed E-state index contributed by atoms with van der Waals surface area (Å²) in [4.78, 5) is 16.7. The molecule has 0 saturated heterocycles. The van der Waals surface area contributed by atoms with Crippen LogP contribution in [-0.2, 0) is 6.42 Å². The van der Waals surface area contributed by atoms with E-state index in [-0.39, 0.29) is 5.69 Å². The van der Waals surface area contributed by atoms with Gasteiger partial charge in [0.1, 0.15) is 0 Å².